The molecule has 250 valence electrons. The number of nitrogens with two attached hydrogens (primary N) is 1. The van der Waals surface area contributed by atoms with Crippen LogP contribution in [0.1, 0.15) is 46.6 Å². The number of benzene rings is 6. The van der Waals surface area contributed by atoms with Crippen LogP contribution in [0.5, 0.6) is 0 Å². The molecule has 1 aliphatic carbocycles. The van der Waals surface area contributed by atoms with Crippen molar-refractivity contribution in [2.75, 3.05) is 0 Å². The molecule has 52 heavy (non-hydrogen) atoms. The van der Waals surface area contributed by atoms with Gasteiger partial charge in [-0.3, -0.25) is 4.99 Å². The van der Waals surface area contributed by atoms with E-state index in [0.717, 1.165) is 62.9 Å². The minimum Gasteiger partial charge on any atom is -0.456 e. The summed E-state index contributed by atoms with van der Waals surface area (Å²) < 4.78 is 9.95. The van der Waals surface area contributed by atoms with Crippen LogP contribution < -0.4 is 5.73 Å². The molecule has 9 aromatic rings. The van der Waals surface area contributed by atoms with E-state index >= 15 is 0 Å². The zero-order valence-electron chi connectivity index (χ0n) is 28.6. The van der Waals surface area contributed by atoms with Crippen molar-refractivity contribution in [1.29, 1.82) is 0 Å². The number of furan rings is 1. The van der Waals surface area contributed by atoms with Crippen LogP contribution in [0, 0.1) is 0 Å². The summed E-state index contributed by atoms with van der Waals surface area (Å²) in [5, 5.41) is 5.81. The molecule has 0 spiro atoms. The minimum absolute atomic E-state index is 0.426. The Morgan fingerprint density at radius 2 is 1.40 bits per heavy atom. The Morgan fingerprint density at radius 1 is 0.712 bits per heavy atom. The van der Waals surface area contributed by atoms with E-state index in [4.69, 9.17) is 20.1 Å². The Balaban J connectivity index is 1.07. The van der Waals surface area contributed by atoms with Gasteiger partial charge in [0.1, 0.15) is 17.0 Å². The molecular weight excluding hydrogens is 657 g/mol. The lowest BCUT2D eigenvalue weighted by atomic mass is 9.99. The number of hydrogen-bond acceptors (Lipinski definition) is 4. The van der Waals surface area contributed by atoms with E-state index in [1.54, 1.807) is 0 Å². The molecule has 0 amide bonds. The lowest BCUT2D eigenvalue weighted by molar-refractivity contribution is 0.669. The van der Waals surface area contributed by atoms with Gasteiger partial charge >= 0.3 is 0 Å². The van der Waals surface area contributed by atoms with Gasteiger partial charge in [0.25, 0.3) is 0 Å². The molecule has 1 unspecified atom stereocenters. The zero-order valence-corrected chi connectivity index (χ0v) is 29.4. The van der Waals surface area contributed by atoms with Crippen LogP contribution in [-0.4, -0.2) is 16.1 Å². The molecule has 3 heterocycles. The number of aromatic nitrogens is 1. The molecule has 5 nitrogen and oxygen atoms in total. The van der Waals surface area contributed by atoms with Gasteiger partial charge in [0, 0.05) is 53.6 Å². The molecule has 3 aromatic heterocycles. The van der Waals surface area contributed by atoms with Crippen molar-refractivity contribution < 1.29 is 4.42 Å². The Kier molecular flexibility index (Phi) is 7.18. The van der Waals surface area contributed by atoms with Crippen LogP contribution >= 0.6 is 11.3 Å². The molecule has 6 heteroatoms. The third kappa shape index (κ3) is 4.98. The SMILES string of the molecule is CC(=NC(N=C(N)c1ccc2oc3ccc(-n4c5ccccc5c5ccccc54)cc3c2c1)c1ccccc1)c1cccc2c3c(sc12)C=CCC3. The Bertz CT molecular complexity index is 2890. The first-order valence-electron chi connectivity index (χ1n) is 17.7. The van der Waals surface area contributed by atoms with Crippen LogP contribution in [0.25, 0.3) is 65.6 Å². The molecule has 2 N–H and O–H groups in total. The highest BCUT2D eigenvalue weighted by Gasteiger charge is 2.19. The predicted octanol–water partition coefficient (Wildman–Crippen LogP) is 11.8. The fraction of sp³-hybridized carbons (Fsp3) is 0.0870. The average Bonchev–Trinajstić information content (AvgIpc) is 3.87. The van der Waals surface area contributed by atoms with Crippen LogP contribution in [0.15, 0.2) is 154 Å². The molecule has 1 aliphatic rings. The summed E-state index contributed by atoms with van der Waals surface area (Å²) in [6.07, 6.45) is 6.20. The van der Waals surface area contributed by atoms with E-state index in [2.05, 4.69) is 127 Å². The number of rotatable bonds is 6. The number of nitrogens with zero attached hydrogens (tertiary/aromatic N) is 3. The second-order valence-corrected chi connectivity index (χ2v) is 14.5. The molecule has 6 aromatic carbocycles. The summed E-state index contributed by atoms with van der Waals surface area (Å²) in [6.45, 7) is 2.09. The summed E-state index contributed by atoms with van der Waals surface area (Å²) in [7, 11) is 0. The van der Waals surface area contributed by atoms with Gasteiger partial charge in [-0.1, -0.05) is 91.0 Å². The smallest absolute Gasteiger partial charge is 0.167 e. The molecule has 0 aliphatic heterocycles. The van der Waals surface area contributed by atoms with Crippen molar-refractivity contribution in [3.8, 4) is 5.69 Å². The van der Waals surface area contributed by atoms with E-state index in [0.29, 0.717) is 5.84 Å². The first kappa shape index (κ1) is 30.6. The van der Waals surface area contributed by atoms with Gasteiger partial charge in [0.15, 0.2) is 6.17 Å². The molecule has 0 saturated heterocycles. The normalized spacial score (nSPS) is 14.2. The van der Waals surface area contributed by atoms with Crippen molar-refractivity contribution in [2.24, 2.45) is 15.7 Å². The molecule has 0 saturated carbocycles. The first-order valence-corrected chi connectivity index (χ1v) is 18.5. The third-order valence-electron chi connectivity index (χ3n) is 10.3. The molecule has 0 fully saturated rings. The number of aryl methyl sites for hydroxylation is 1. The fourth-order valence-electron chi connectivity index (χ4n) is 7.81. The van der Waals surface area contributed by atoms with Crippen molar-refractivity contribution >= 4 is 82.8 Å². The quantitative estimate of drug-likeness (QED) is 0.139. The molecule has 0 bridgehead atoms. The lowest BCUT2D eigenvalue weighted by Crippen LogP contribution is -2.15. The van der Waals surface area contributed by atoms with E-state index in [1.165, 1.54) is 42.3 Å². The number of allylic oxidation sites excluding steroid dienone is 1. The standard InChI is InChI=1S/C46H34N4OS/c1-28(32-17-11-18-36-35-16-7-10-21-43(35)52-44(32)36)48-46(29-12-3-2-4-13-29)49-45(47)30-22-24-41-37(26-30)38-27-31(23-25-42(38)51-41)50-39-19-8-5-14-33(39)34-15-6-9-20-40(34)50/h2-6,8-15,17-27,46H,7,16H2,1H3,(H2,47,49). The number of amidine groups is 1. The van der Waals surface area contributed by atoms with Crippen molar-refractivity contribution in [1.82, 2.24) is 4.57 Å². The van der Waals surface area contributed by atoms with E-state index in [9.17, 15) is 0 Å². The van der Waals surface area contributed by atoms with Crippen LogP contribution in [0.3, 0.4) is 0 Å². The fourth-order valence-corrected chi connectivity index (χ4v) is 9.16. The van der Waals surface area contributed by atoms with E-state index in [1.807, 2.05) is 41.7 Å². The van der Waals surface area contributed by atoms with Crippen molar-refractivity contribution in [2.45, 2.75) is 25.9 Å². The Morgan fingerprint density at radius 3 is 2.19 bits per heavy atom. The van der Waals surface area contributed by atoms with Crippen molar-refractivity contribution in [3.05, 3.63) is 167 Å². The van der Waals surface area contributed by atoms with Crippen molar-refractivity contribution in [3.63, 3.8) is 0 Å². The highest BCUT2D eigenvalue weighted by Crippen LogP contribution is 2.39. The second-order valence-electron chi connectivity index (χ2n) is 13.4. The summed E-state index contributed by atoms with van der Waals surface area (Å²) in [5.41, 5.74) is 17.3. The highest BCUT2D eigenvalue weighted by atomic mass is 32.1. The average molecular weight is 691 g/mol. The van der Waals surface area contributed by atoms with E-state index < -0.39 is 6.17 Å². The maximum absolute atomic E-state index is 6.88. The second kappa shape index (κ2) is 12.2. The summed E-state index contributed by atoms with van der Waals surface area (Å²) in [6, 6.07) is 46.4. The number of thiophene rings is 1. The van der Waals surface area contributed by atoms with Crippen LogP contribution in [-0.2, 0) is 6.42 Å². The molecule has 0 radical (unpaired) electrons. The number of para-hydroxylation sites is 2. The number of aliphatic imine (C=N–C) groups is 2. The first-order chi connectivity index (χ1) is 25.6. The van der Waals surface area contributed by atoms with Gasteiger partial charge in [0.05, 0.1) is 11.0 Å². The van der Waals surface area contributed by atoms with Gasteiger partial charge in [-0.25, -0.2) is 4.99 Å². The van der Waals surface area contributed by atoms with Crippen LogP contribution in [0.2, 0.25) is 0 Å². The zero-order chi connectivity index (χ0) is 34.8. The third-order valence-corrected chi connectivity index (χ3v) is 11.6. The topological polar surface area (TPSA) is 68.8 Å². The Hall–Kier alpha value is -6.24. The summed E-state index contributed by atoms with van der Waals surface area (Å²) in [5.74, 6) is 0.426. The largest absolute Gasteiger partial charge is 0.456 e. The lowest BCUT2D eigenvalue weighted by Gasteiger charge is -2.13. The Labute approximate surface area is 304 Å². The van der Waals surface area contributed by atoms with E-state index in [-0.39, 0.29) is 0 Å². The molecule has 1 atom stereocenters. The predicted molar refractivity (Wildman–Crippen MR) is 219 cm³/mol. The highest BCUT2D eigenvalue weighted by molar-refractivity contribution is 7.20. The van der Waals surface area contributed by atoms with Gasteiger partial charge in [0.2, 0.25) is 0 Å². The monoisotopic (exact) mass is 690 g/mol. The maximum Gasteiger partial charge on any atom is 0.167 e. The minimum atomic E-state index is -0.510. The summed E-state index contributed by atoms with van der Waals surface area (Å²) in [4.78, 5) is 11.7. The number of hydrogen-bond donors (Lipinski definition) is 1. The molecular formula is C46H34N4OS. The maximum atomic E-state index is 6.88. The van der Waals surface area contributed by atoms with Crippen LogP contribution in [0.4, 0.5) is 0 Å². The van der Waals surface area contributed by atoms with Gasteiger partial charge in [-0.2, -0.15) is 0 Å². The van der Waals surface area contributed by atoms with Gasteiger partial charge in [-0.15, -0.1) is 11.3 Å². The number of fused-ring (bicyclic) bond motifs is 9. The van der Waals surface area contributed by atoms with Gasteiger partial charge in [-0.05, 0) is 90.9 Å². The summed E-state index contributed by atoms with van der Waals surface area (Å²) >= 11 is 1.85. The van der Waals surface area contributed by atoms with Gasteiger partial charge < -0.3 is 14.7 Å². The molecule has 10 rings (SSSR count).